The fourth-order valence-electron chi connectivity index (χ4n) is 2.82. The van der Waals surface area contributed by atoms with Crippen LogP contribution in [0.15, 0.2) is 52.3 Å². The molecule has 0 bridgehead atoms. The minimum absolute atomic E-state index is 0. The number of aliphatic hydroxyl groups is 1. The first-order chi connectivity index (χ1) is 11.1. The van der Waals surface area contributed by atoms with Crippen molar-refractivity contribution in [2.75, 3.05) is 18.0 Å². The smallest absolute Gasteiger partial charge is 0.396 e. The molecule has 1 aliphatic heterocycles. The Bertz CT molecular complexity index is 750. The summed E-state index contributed by atoms with van der Waals surface area (Å²) in [5.41, 5.74) is 8.03. The molecule has 0 saturated carbocycles. The number of hydrogen-bond donors (Lipinski definition) is 1. The molecule has 0 amide bonds. The molecular formula is C15H16Br2N6O. The van der Waals surface area contributed by atoms with E-state index in [4.69, 9.17) is 5.53 Å². The molecule has 0 aliphatic carbocycles. The summed E-state index contributed by atoms with van der Waals surface area (Å²) in [7, 11) is 0. The summed E-state index contributed by atoms with van der Waals surface area (Å²) in [5, 5.41) is 14.9. The third-order valence-electron chi connectivity index (χ3n) is 3.89. The second-order valence-electron chi connectivity index (χ2n) is 5.33. The summed E-state index contributed by atoms with van der Waals surface area (Å²) in [4.78, 5) is 9.02. The highest BCUT2D eigenvalue weighted by atomic mass is 79.9. The van der Waals surface area contributed by atoms with Gasteiger partial charge in [0, 0.05) is 27.6 Å². The molecule has 1 N–H and O–H groups in total. The molecule has 9 heteroatoms. The first-order valence-corrected chi connectivity index (χ1v) is 8.06. The van der Waals surface area contributed by atoms with Crippen LogP contribution in [-0.4, -0.2) is 23.2 Å². The molecule has 0 fully saturated rings. The number of aromatic nitrogens is 2. The van der Waals surface area contributed by atoms with Crippen LogP contribution in [0.4, 0.5) is 5.95 Å². The van der Waals surface area contributed by atoms with E-state index in [0.717, 1.165) is 10.0 Å². The van der Waals surface area contributed by atoms with Gasteiger partial charge in [-0.1, -0.05) is 38.2 Å². The SMILES string of the molecule is [Br-].[N-]=[N+]=NCCCN1c2nccc[n+]2CC1(O)c1ccc(Br)cc1. The van der Waals surface area contributed by atoms with Gasteiger partial charge in [-0.15, -0.1) is 0 Å². The maximum atomic E-state index is 11.3. The van der Waals surface area contributed by atoms with E-state index in [1.165, 1.54) is 0 Å². The Balaban J connectivity index is 0.00000208. The topological polar surface area (TPSA) is 89.0 Å². The number of azide groups is 1. The molecule has 1 aromatic heterocycles. The van der Waals surface area contributed by atoms with E-state index in [1.54, 1.807) is 6.20 Å². The van der Waals surface area contributed by atoms with E-state index < -0.39 is 5.72 Å². The van der Waals surface area contributed by atoms with Crippen LogP contribution in [-0.2, 0) is 12.3 Å². The molecule has 2 heterocycles. The normalized spacial score (nSPS) is 18.5. The third kappa shape index (κ3) is 3.54. The quantitative estimate of drug-likeness (QED) is 0.217. The van der Waals surface area contributed by atoms with Gasteiger partial charge in [-0.3, -0.25) is 0 Å². The molecule has 1 unspecified atom stereocenters. The Morgan fingerprint density at radius 3 is 2.88 bits per heavy atom. The average Bonchev–Trinajstić information content (AvgIpc) is 2.85. The van der Waals surface area contributed by atoms with Crippen molar-refractivity contribution in [2.45, 2.75) is 18.7 Å². The molecule has 3 rings (SSSR count). The van der Waals surface area contributed by atoms with E-state index in [1.807, 2.05) is 46.0 Å². The lowest BCUT2D eigenvalue weighted by molar-refractivity contribution is -0.685. The fourth-order valence-corrected chi connectivity index (χ4v) is 3.09. The van der Waals surface area contributed by atoms with Crippen LogP contribution >= 0.6 is 15.9 Å². The van der Waals surface area contributed by atoms with Crippen molar-refractivity contribution in [2.24, 2.45) is 5.11 Å². The van der Waals surface area contributed by atoms with Gasteiger partial charge in [0.05, 0.1) is 12.7 Å². The third-order valence-corrected chi connectivity index (χ3v) is 4.42. The Morgan fingerprint density at radius 2 is 2.17 bits per heavy atom. The molecule has 7 nitrogen and oxygen atoms in total. The lowest BCUT2D eigenvalue weighted by atomic mass is 10.0. The van der Waals surface area contributed by atoms with Crippen LogP contribution < -0.4 is 26.4 Å². The highest BCUT2D eigenvalue weighted by Gasteiger charge is 2.50. The Hall–Kier alpha value is -1.67. The van der Waals surface area contributed by atoms with E-state index in [2.05, 4.69) is 30.9 Å². The highest BCUT2D eigenvalue weighted by Crippen LogP contribution is 2.34. The molecule has 2 aromatic rings. The van der Waals surface area contributed by atoms with Gasteiger partial charge in [0.1, 0.15) is 12.7 Å². The number of benzene rings is 1. The zero-order valence-corrected chi connectivity index (χ0v) is 15.9. The number of rotatable bonds is 5. The molecule has 1 aliphatic rings. The second-order valence-corrected chi connectivity index (χ2v) is 6.25. The van der Waals surface area contributed by atoms with Gasteiger partial charge in [-0.05, 0) is 24.1 Å². The van der Waals surface area contributed by atoms with Crippen LogP contribution in [0.1, 0.15) is 12.0 Å². The summed E-state index contributed by atoms with van der Waals surface area (Å²) >= 11 is 3.41. The van der Waals surface area contributed by atoms with Gasteiger partial charge in [0.15, 0.2) is 0 Å². The van der Waals surface area contributed by atoms with Gasteiger partial charge < -0.3 is 22.1 Å². The first kappa shape index (κ1) is 18.7. The summed E-state index contributed by atoms with van der Waals surface area (Å²) in [6, 6.07) is 9.46. The highest BCUT2D eigenvalue weighted by molar-refractivity contribution is 9.10. The monoisotopic (exact) mass is 454 g/mol. The van der Waals surface area contributed by atoms with Gasteiger partial charge in [-0.2, -0.15) is 0 Å². The molecule has 1 atom stereocenters. The largest absolute Gasteiger partial charge is 1.00 e. The molecule has 24 heavy (non-hydrogen) atoms. The predicted molar refractivity (Wildman–Crippen MR) is 88.4 cm³/mol. The molecule has 1 aromatic carbocycles. The van der Waals surface area contributed by atoms with Gasteiger partial charge in [0.25, 0.3) is 0 Å². The number of halogens is 2. The van der Waals surface area contributed by atoms with Crippen LogP contribution in [0.2, 0.25) is 0 Å². The molecule has 0 spiro atoms. The zero-order valence-electron chi connectivity index (χ0n) is 12.8. The first-order valence-electron chi connectivity index (χ1n) is 7.26. The summed E-state index contributed by atoms with van der Waals surface area (Å²) in [6.07, 6.45) is 4.25. The summed E-state index contributed by atoms with van der Waals surface area (Å²) < 4.78 is 2.89. The van der Waals surface area contributed by atoms with Gasteiger partial charge in [0.2, 0.25) is 5.72 Å². The Labute approximate surface area is 158 Å². The average molecular weight is 456 g/mol. The molecular weight excluding hydrogens is 440 g/mol. The van der Waals surface area contributed by atoms with Crippen LogP contribution in [0, 0.1) is 0 Å². The molecule has 0 radical (unpaired) electrons. The van der Waals surface area contributed by atoms with E-state index in [9.17, 15) is 5.11 Å². The number of hydrogen-bond acceptors (Lipinski definition) is 4. The maximum absolute atomic E-state index is 11.3. The van der Waals surface area contributed by atoms with Crippen molar-refractivity contribution in [1.82, 2.24) is 4.98 Å². The predicted octanol–water partition coefficient (Wildman–Crippen LogP) is -0.499. The number of fused-ring (bicyclic) bond motifs is 1. The Kier molecular flexibility index (Phi) is 6.17. The lowest BCUT2D eigenvalue weighted by Crippen LogP contribution is -3.00. The summed E-state index contributed by atoms with van der Waals surface area (Å²) in [6.45, 7) is 1.33. The van der Waals surface area contributed by atoms with Crippen molar-refractivity contribution < 1.29 is 26.7 Å². The number of anilines is 1. The zero-order chi connectivity index (χ0) is 16.3. The van der Waals surface area contributed by atoms with Crippen LogP contribution in [0.3, 0.4) is 0 Å². The lowest BCUT2D eigenvalue weighted by Gasteiger charge is -2.28. The van der Waals surface area contributed by atoms with Crippen LogP contribution in [0.5, 0.6) is 0 Å². The maximum Gasteiger partial charge on any atom is 0.396 e. The van der Waals surface area contributed by atoms with Crippen molar-refractivity contribution in [3.05, 3.63) is 63.2 Å². The second kappa shape index (κ2) is 7.94. The van der Waals surface area contributed by atoms with Crippen molar-refractivity contribution in [3.8, 4) is 0 Å². The van der Waals surface area contributed by atoms with Crippen molar-refractivity contribution in [3.63, 3.8) is 0 Å². The number of nitrogens with zero attached hydrogens (tertiary/aromatic N) is 6. The molecule has 126 valence electrons. The minimum atomic E-state index is -1.17. The van der Waals surface area contributed by atoms with Crippen LogP contribution in [0.25, 0.3) is 10.4 Å². The van der Waals surface area contributed by atoms with Crippen molar-refractivity contribution >= 4 is 21.9 Å². The van der Waals surface area contributed by atoms with Crippen molar-refractivity contribution in [1.29, 1.82) is 0 Å². The van der Waals surface area contributed by atoms with E-state index in [0.29, 0.717) is 32.0 Å². The van der Waals surface area contributed by atoms with E-state index in [-0.39, 0.29) is 17.0 Å². The Morgan fingerprint density at radius 1 is 1.42 bits per heavy atom. The fraction of sp³-hybridized carbons (Fsp3) is 0.333. The standard InChI is InChI=1S/C15H16BrN6O.BrH/c16-13-5-3-12(4-6-13)15(23)11-21-9-1-7-18-14(21)22(15)10-2-8-19-20-17;/h1,3-7,9,23H,2,8,10-11H2;1H/q+1;/p-1. The van der Waals surface area contributed by atoms with Gasteiger partial charge in [-0.25, -0.2) is 9.47 Å². The van der Waals surface area contributed by atoms with E-state index >= 15 is 0 Å². The molecule has 0 saturated heterocycles. The van der Waals surface area contributed by atoms with Gasteiger partial charge >= 0.3 is 5.95 Å². The summed E-state index contributed by atoms with van der Waals surface area (Å²) in [5.74, 6) is 0.707. The minimum Gasteiger partial charge on any atom is -1.00 e.